The van der Waals surface area contributed by atoms with Crippen molar-refractivity contribution in [2.24, 2.45) is 11.7 Å². The fourth-order valence-electron chi connectivity index (χ4n) is 3.28. The Hall–Kier alpha value is -1.50. The van der Waals surface area contributed by atoms with Crippen LogP contribution < -0.4 is 20.5 Å². The summed E-state index contributed by atoms with van der Waals surface area (Å²) in [7, 11) is 0. The molecule has 1 aromatic carbocycles. The molecule has 0 radical (unpaired) electrons. The molecule has 140 valence electrons. The lowest BCUT2D eigenvalue weighted by molar-refractivity contribution is -0.127. The third kappa shape index (κ3) is 5.00. The van der Waals surface area contributed by atoms with E-state index in [0.29, 0.717) is 13.0 Å². The van der Waals surface area contributed by atoms with Gasteiger partial charge >= 0.3 is 0 Å². The Morgan fingerprint density at radius 3 is 2.88 bits per heavy atom. The Morgan fingerprint density at radius 1 is 1.32 bits per heavy atom. The number of halogens is 1. The van der Waals surface area contributed by atoms with Crippen molar-refractivity contribution in [3.8, 4) is 11.5 Å². The zero-order chi connectivity index (χ0) is 16.9. The first-order valence-electron chi connectivity index (χ1n) is 8.70. The Labute approximate surface area is 154 Å². The van der Waals surface area contributed by atoms with Crippen LogP contribution in [0.5, 0.6) is 11.5 Å². The fourth-order valence-corrected chi connectivity index (χ4v) is 3.28. The molecule has 3 rings (SSSR count). The quantitative estimate of drug-likeness (QED) is 0.803. The lowest BCUT2D eigenvalue weighted by Crippen LogP contribution is -2.46. The summed E-state index contributed by atoms with van der Waals surface area (Å²) >= 11 is 0. The van der Waals surface area contributed by atoms with E-state index in [4.69, 9.17) is 19.9 Å². The lowest BCUT2D eigenvalue weighted by atomic mass is 9.83. The first-order chi connectivity index (χ1) is 11.7. The number of nitrogens with two attached hydrogens (primary N) is 1. The molecule has 1 aliphatic heterocycles. The summed E-state index contributed by atoms with van der Waals surface area (Å²) in [5.41, 5.74) is 7.18. The van der Waals surface area contributed by atoms with Gasteiger partial charge in [-0.05, 0) is 43.4 Å². The van der Waals surface area contributed by atoms with E-state index in [-0.39, 0.29) is 43.2 Å². The van der Waals surface area contributed by atoms with Crippen LogP contribution in [0.15, 0.2) is 18.2 Å². The first-order valence-corrected chi connectivity index (χ1v) is 8.70. The van der Waals surface area contributed by atoms with E-state index in [2.05, 4.69) is 12.2 Å². The van der Waals surface area contributed by atoms with Gasteiger partial charge in [0.15, 0.2) is 11.5 Å². The van der Waals surface area contributed by atoms with E-state index in [1.807, 2.05) is 18.2 Å². The second-order valence-electron chi connectivity index (χ2n) is 6.49. The van der Waals surface area contributed by atoms with Gasteiger partial charge in [-0.15, -0.1) is 12.4 Å². The normalized spacial score (nSPS) is 24.5. The number of amides is 1. The number of ether oxygens (including phenoxy) is 3. The molecule has 0 spiro atoms. The van der Waals surface area contributed by atoms with E-state index in [9.17, 15) is 4.79 Å². The van der Waals surface area contributed by atoms with Crippen molar-refractivity contribution in [3.63, 3.8) is 0 Å². The van der Waals surface area contributed by atoms with Crippen LogP contribution in [0, 0.1) is 5.92 Å². The summed E-state index contributed by atoms with van der Waals surface area (Å²) in [5, 5.41) is 3.01. The van der Waals surface area contributed by atoms with Gasteiger partial charge in [0.1, 0.15) is 0 Å². The molecule has 1 heterocycles. The third-order valence-corrected chi connectivity index (χ3v) is 4.64. The summed E-state index contributed by atoms with van der Waals surface area (Å²) in [4.78, 5) is 12.4. The molecule has 2 aliphatic rings. The molecule has 0 unspecified atom stereocenters. The SMILES string of the molecule is CCCO[C@@H]1CC[C@H](C(=O)NCc2ccc3c(c2)OCO3)C[C@H]1N.Cl. The summed E-state index contributed by atoms with van der Waals surface area (Å²) in [6, 6.07) is 5.65. The van der Waals surface area contributed by atoms with Crippen molar-refractivity contribution >= 4 is 18.3 Å². The molecular formula is C18H27ClN2O4. The van der Waals surface area contributed by atoms with Crippen LogP contribution in [0.4, 0.5) is 0 Å². The minimum Gasteiger partial charge on any atom is -0.454 e. The average molecular weight is 371 g/mol. The van der Waals surface area contributed by atoms with Gasteiger partial charge in [-0.2, -0.15) is 0 Å². The number of hydrogen-bond acceptors (Lipinski definition) is 5. The van der Waals surface area contributed by atoms with Crippen molar-refractivity contribution < 1.29 is 19.0 Å². The van der Waals surface area contributed by atoms with Gasteiger partial charge in [0.05, 0.1) is 6.10 Å². The van der Waals surface area contributed by atoms with Crippen molar-refractivity contribution in [3.05, 3.63) is 23.8 Å². The Morgan fingerprint density at radius 2 is 2.12 bits per heavy atom. The molecule has 1 aromatic rings. The van der Waals surface area contributed by atoms with Crippen molar-refractivity contribution in [1.82, 2.24) is 5.32 Å². The van der Waals surface area contributed by atoms with Crippen molar-refractivity contribution in [1.29, 1.82) is 0 Å². The molecule has 1 fully saturated rings. The number of fused-ring (bicyclic) bond motifs is 1. The smallest absolute Gasteiger partial charge is 0.231 e. The molecule has 3 N–H and O–H groups in total. The van der Waals surface area contributed by atoms with Crippen molar-refractivity contribution in [2.75, 3.05) is 13.4 Å². The Balaban J connectivity index is 0.00000225. The van der Waals surface area contributed by atoms with Crippen LogP contribution in [-0.2, 0) is 16.1 Å². The van der Waals surface area contributed by atoms with Crippen LogP contribution in [0.25, 0.3) is 0 Å². The number of rotatable bonds is 6. The minimum atomic E-state index is -0.0633. The van der Waals surface area contributed by atoms with Crippen LogP contribution in [0.1, 0.15) is 38.2 Å². The predicted octanol–water partition coefficient (Wildman–Crippen LogP) is 2.38. The highest BCUT2D eigenvalue weighted by molar-refractivity contribution is 5.85. The molecule has 3 atom stereocenters. The Bertz CT molecular complexity index is 584. The number of hydrogen-bond donors (Lipinski definition) is 2. The van der Waals surface area contributed by atoms with E-state index < -0.39 is 0 Å². The molecule has 7 heteroatoms. The van der Waals surface area contributed by atoms with Crippen LogP contribution >= 0.6 is 12.4 Å². The van der Waals surface area contributed by atoms with Gasteiger partial charge in [-0.25, -0.2) is 0 Å². The van der Waals surface area contributed by atoms with Gasteiger partial charge in [0.2, 0.25) is 12.7 Å². The van der Waals surface area contributed by atoms with E-state index >= 15 is 0 Å². The second-order valence-corrected chi connectivity index (χ2v) is 6.49. The van der Waals surface area contributed by atoms with E-state index in [1.54, 1.807) is 0 Å². The maximum absolute atomic E-state index is 12.4. The summed E-state index contributed by atoms with van der Waals surface area (Å²) in [6.45, 7) is 3.56. The summed E-state index contributed by atoms with van der Waals surface area (Å²) < 4.78 is 16.4. The maximum atomic E-state index is 12.4. The molecule has 0 saturated heterocycles. The number of benzene rings is 1. The predicted molar refractivity (Wildman–Crippen MR) is 97.0 cm³/mol. The van der Waals surface area contributed by atoms with Crippen molar-refractivity contribution in [2.45, 2.75) is 51.3 Å². The molecule has 0 aromatic heterocycles. The molecular weight excluding hydrogens is 344 g/mol. The summed E-state index contributed by atoms with van der Waals surface area (Å²) in [5.74, 6) is 1.52. The standard InChI is InChI=1S/C18H26N2O4.ClH/c1-2-7-22-15-6-4-13(9-14(15)19)18(21)20-10-12-3-5-16-17(8-12)24-11-23-16;/h3,5,8,13-15H,2,4,6-7,9-11,19H2,1H3,(H,20,21);1H/t13-,14+,15+;/m0./s1. The fraction of sp³-hybridized carbons (Fsp3) is 0.611. The lowest BCUT2D eigenvalue weighted by Gasteiger charge is -2.33. The highest BCUT2D eigenvalue weighted by atomic mass is 35.5. The number of carbonyl (C=O) groups is 1. The molecule has 25 heavy (non-hydrogen) atoms. The van der Waals surface area contributed by atoms with E-state index in [1.165, 1.54) is 0 Å². The van der Waals surface area contributed by atoms with Gasteiger partial charge in [-0.3, -0.25) is 4.79 Å². The molecule has 6 nitrogen and oxygen atoms in total. The molecule has 0 bridgehead atoms. The second kappa shape index (κ2) is 9.27. The average Bonchev–Trinajstić information content (AvgIpc) is 3.06. The highest BCUT2D eigenvalue weighted by Gasteiger charge is 2.32. The zero-order valence-electron chi connectivity index (χ0n) is 14.5. The monoisotopic (exact) mass is 370 g/mol. The first kappa shape index (κ1) is 19.8. The van der Waals surface area contributed by atoms with E-state index in [0.717, 1.165) is 42.9 Å². The maximum Gasteiger partial charge on any atom is 0.231 e. The minimum absolute atomic E-state index is 0. The molecule has 1 saturated carbocycles. The van der Waals surface area contributed by atoms with Crippen LogP contribution in [-0.4, -0.2) is 31.5 Å². The molecule has 1 amide bonds. The highest BCUT2D eigenvalue weighted by Crippen LogP contribution is 2.32. The van der Waals surface area contributed by atoms with Crippen LogP contribution in [0.2, 0.25) is 0 Å². The van der Waals surface area contributed by atoms with Gasteiger partial charge in [0.25, 0.3) is 0 Å². The van der Waals surface area contributed by atoms with Gasteiger partial charge in [0, 0.05) is 25.1 Å². The number of nitrogens with one attached hydrogen (secondary N) is 1. The Kier molecular flexibility index (Phi) is 7.35. The third-order valence-electron chi connectivity index (χ3n) is 4.64. The van der Waals surface area contributed by atoms with Gasteiger partial charge in [-0.1, -0.05) is 13.0 Å². The number of carbonyl (C=O) groups excluding carboxylic acids is 1. The van der Waals surface area contributed by atoms with Crippen LogP contribution in [0.3, 0.4) is 0 Å². The largest absolute Gasteiger partial charge is 0.454 e. The zero-order valence-corrected chi connectivity index (χ0v) is 15.3. The topological polar surface area (TPSA) is 82.8 Å². The summed E-state index contributed by atoms with van der Waals surface area (Å²) in [6.07, 6.45) is 3.44. The van der Waals surface area contributed by atoms with Gasteiger partial charge < -0.3 is 25.3 Å². The molecule has 1 aliphatic carbocycles.